The second-order valence-corrected chi connectivity index (χ2v) is 7.58. The van der Waals surface area contributed by atoms with Crippen LogP contribution in [0.1, 0.15) is 34.5 Å². The van der Waals surface area contributed by atoms with Crippen LogP contribution >= 0.6 is 0 Å². The lowest BCUT2D eigenvalue weighted by molar-refractivity contribution is -0.134. The van der Waals surface area contributed by atoms with Crippen LogP contribution in [0.5, 0.6) is 11.5 Å². The van der Waals surface area contributed by atoms with E-state index in [9.17, 15) is 9.59 Å². The molecule has 0 unspecified atom stereocenters. The first-order valence-corrected chi connectivity index (χ1v) is 10.3. The second kappa shape index (κ2) is 9.51. The zero-order valence-electron chi connectivity index (χ0n) is 17.9. The molecule has 2 heterocycles. The molecule has 0 aliphatic carbocycles. The van der Waals surface area contributed by atoms with Gasteiger partial charge in [-0.1, -0.05) is 18.2 Å². The first kappa shape index (κ1) is 21.4. The van der Waals surface area contributed by atoms with Gasteiger partial charge >= 0.3 is 0 Å². The molecule has 1 aliphatic rings. The van der Waals surface area contributed by atoms with Gasteiger partial charge in [-0.25, -0.2) is 4.98 Å². The number of carbonyl (C=O) groups excluding carboxylic acids is 2. The first-order chi connectivity index (χ1) is 15.5. The zero-order valence-corrected chi connectivity index (χ0v) is 17.9. The Morgan fingerprint density at radius 2 is 1.84 bits per heavy atom. The van der Waals surface area contributed by atoms with Gasteiger partial charge in [0.05, 0.1) is 13.2 Å². The Kier molecular flexibility index (Phi) is 6.34. The smallest absolute Gasteiger partial charge is 0.261 e. The number of aromatic nitrogens is 3. The van der Waals surface area contributed by atoms with Gasteiger partial charge in [0.15, 0.2) is 12.4 Å². The molecule has 0 radical (unpaired) electrons. The number of carbonyl (C=O) groups is 2. The molecule has 2 aromatic carbocycles. The van der Waals surface area contributed by atoms with Gasteiger partial charge in [-0.3, -0.25) is 14.7 Å². The van der Waals surface area contributed by atoms with Gasteiger partial charge in [0.1, 0.15) is 17.3 Å². The van der Waals surface area contributed by atoms with Gasteiger partial charge in [-0.2, -0.15) is 5.10 Å². The summed E-state index contributed by atoms with van der Waals surface area (Å²) in [5.41, 5.74) is 0.574. The second-order valence-electron chi connectivity index (χ2n) is 7.58. The number of amides is 2. The highest BCUT2D eigenvalue weighted by atomic mass is 16.5. The van der Waals surface area contributed by atoms with Gasteiger partial charge in [-0.15, -0.1) is 0 Å². The quantitative estimate of drug-likeness (QED) is 0.589. The van der Waals surface area contributed by atoms with E-state index in [1.807, 2.05) is 18.2 Å². The van der Waals surface area contributed by atoms with Crippen molar-refractivity contribution in [3.05, 3.63) is 71.8 Å². The lowest BCUT2D eigenvalue weighted by Crippen LogP contribution is -2.40. The van der Waals surface area contributed by atoms with Crippen molar-refractivity contribution < 1.29 is 19.1 Å². The molecular formula is C23H25N5O4. The van der Waals surface area contributed by atoms with Crippen molar-refractivity contribution in [2.45, 2.75) is 25.4 Å². The monoisotopic (exact) mass is 435 g/mol. The molecule has 166 valence electrons. The van der Waals surface area contributed by atoms with Gasteiger partial charge in [0.2, 0.25) is 0 Å². The Morgan fingerprint density at radius 1 is 1.12 bits per heavy atom. The summed E-state index contributed by atoms with van der Waals surface area (Å²) in [5.74, 6) is 2.09. The summed E-state index contributed by atoms with van der Waals surface area (Å²) in [6.07, 6.45) is 0.518. The Labute approximate surface area is 185 Å². The summed E-state index contributed by atoms with van der Waals surface area (Å²) in [7, 11) is 1.59. The fourth-order valence-corrected chi connectivity index (χ4v) is 3.73. The molecule has 2 atom stereocenters. The summed E-state index contributed by atoms with van der Waals surface area (Å²) < 4.78 is 10.8. The molecule has 1 aliphatic heterocycles. The molecule has 1 saturated heterocycles. The minimum absolute atomic E-state index is 0.133. The van der Waals surface area contributed by atoms with E-state index in [4.69, 9.17) is 9.47 Å². The number of nitrogens with one attached hydrogen (secondary N) is 2. The van der Waals surface area contributed by atoms with E-state index in [0.29, 0.717) is 41.7 Å². The molecule has 9 nitrogen and oxygen atoms in total. The molecule has 4 rings (SSSR count). The predicted octanol–water partition coefficient (Wildman–Crippen LogP) is 2.27. The van der Waals surface area contributed by atoms with Crippen LogP contribution in [0.25, 0.3) is 0 Å². The maximum absolute atomic E-state index is 13.0. The van der Waals surface area contributed by atoms with Crippen LogP contribution in [0.3, 0.4) is 0 Å². The number of methoxy groups -OCH3 is 1. The van der Waals surface area contributed by atoms with E-state index in [2.05, 4.69) is 20.5 Å². The first-order valence-electron chi connectivity index (χ1n) is 10.3. The van der Waals surface area contributed by atoms with Gasteiger partial charge in [0.25, 0.3) is 11.8 Å². The minimum Gasteiger partial charge on any atom is -0.497 e. The third-order valence-corrected chi connectivity index (χ3v) is 5.33. The number of aromatic amines is 1. The van der Waals surface area contributed by atoms with E-state index in [1.165, 1.54) is 0 Å². The normalized spacial score (nSPS) is 17.8. The molecule has 2 N–H and O–H groups in total. The van der Waals surface area contributed by atoms with Crippen molar-refractivity contribution in [1.29, 1.82) is 0 Å². The maximum atomic E-state index is 13.0. The van der Waals surface area contributed by atoms with Crippen LogP contribution in [0.4, 0.5) is 0 Å². The molecule has 32 heavy (non-hydrogen) atoms. The fourth-order valence-electron chi connectivity index (χ4n) is 3.73. The summed E-state index contributed by atoms with van der Waals surface area (Å²) in [6, 6.07) is 15.4. The van der Waals surface area contributed by atoms with E-state index in [0.717, 1.165) is 0 Å². The number of likely N-dealkylation sites (tertiary alicyclic amines) is 1. The molecular weight excluding hydrogens is 410 g/mol. The Hall–Kier alpha value is -3.88. The Morgan fingerprint density at radius 3 is 2.50 bits per heavy atom. The molecule has 0 saturated carbocycles. The van der Waals surface area contributed by atoms with Crippen LogP contribution in [-0.4, -0.2) is 58.2 Å². The highest BCUT2D eigenvalue weighted by Gasteiger charge is 2.39. The van der Waals surface area contributed by atoms with Gasteiger partial charge < -0.3 is 19.7 Å². The standard InChI is InChI=1S/C23H25N5O4/c1-15-24-22(27-26-15)20-12-17(25-23(30)16-6-4-3-5-7-16)13-28(20)21(29)14-32-19-10-8-18(31-2)9-11-19/h3-11,17,20H,12-14H2,1-2H3,(H,25,30)(H,24,26,27)/t17-,20-/m0/s1. The van der Waals surface area contributed by atoms with Crippen LogP contribution in [0, 0.1) is 6.92 Å². The van der Waals surface area contributed by atoms with Crippen molar-refractivity contribution >= 4 is 11.8 Å². The van der Waals surface area contributed by atoms with Crippen molar-refractivity contribution in [2.24, 2.45) is 0 Å². The number of aryl methyl sites for hydroxylation is 1. The molecule has 1 fully saturated rings. The van der Waals surface area contributed by atoms with Crippen LogP contribution in [0.15, 0.2) is 54.6 Å². The molecule has 2 amide bonds. The summed E-state index contributed by atoms with van der Waals surface area (Å²) in [6.45, 7) is 2.02. The number of hydrogen-bond donors (Lipinski definition) is 2. The van der Waals surface area contributed by atoms with Crippen LogP contribution < -0.4 is 14.8 Å². The topological polar surface area (TPSA) is 109 Å². The van der Waals surface area contributed by atoms with E-state index in [-0.39, 0.29) is 30.5 Å². The molecule has 3 aromatic rings. The molecule has 1 aromatic heterocycles. The molecule has 0 spiro atoms. The Balaban J connectivity index is 1.44. The minimum atomic E-state index is -0.354. The van der Waals surface area contributed by atoms with E-state index >= 15 is 0 Å². The summed E-state index contributed by atoms with van der Waals surface area (Å²) in [4.78, 5) is 31.7. The number of benzene rings is 2. The highest BCUT2D eigenvalue weighted by molar-refractivity contribution is 5.94. The largest absolute Gasteiger partial charge is 0.497 e. The highest BCUT2D eigenvalue weighted by Crippen LogP contribution is 2.30. The van der Waals surface area contributed by atoms with Gasteiger partial charge in [-0.05, 0) is 49.7 Å². The number of H-pyrrole nitrogens is 1. The average Bonchev–Trinajstić information content (AvgIpc) is 3.44. The van der Waals surface area contributed by atoms with Crippen molar-refractivity contribution in [3.63, 3.8) is 0 Å². The zero-order chi connectivity index (χ0) is 22.5. The van der Waals surface area contributed by atoms with Crippen molar-refractivity contribution in [1.82, 2.24) is 25.4 Å². The lowest BCUT2D eigenvalue weighted by Gasteiger charge is -2.22. The SMILES string of the molecule is COc1ccc(OCC(=O)N2C[C@@H](NC(=O)c3ccccc3)C[C@H]2c2n[nH]c(C)n2)cc1. The number of ether oxygens (including phenoxy) is 2. The number of hydrogen-bond acceptors (Lipinski definition) is 6. The average molecular weight is 435 g/mol. The van der Waals surface area contributed by atoms with Crippen molar-refractivity contribution in [2.75, 3.05) is 20.3 Å². The number of rotatable bonds is 7. The lowest BCUT2D eigenvalue weighted by atomic mass is 10.1. The summed E-state index contributed by atoms with van der Waals surface area (Å²) >= 11 is 0. The molecule has 9 heteroatoms. The maximum Gasteiger partial charge on any atom is 0.261 e. The van der Waals surface area contributed by atoms with Crippen LogP contribution in [-0.2, 0) is 4.79 Å². The van der Waals surface area contributed by atoms with E-state index < -0.39 is 0 Å². The van der Waals surface area contributed by atoms with Crippen molar-refractivity contribution in [3.8, 4) is 11.5 Å². The Bertz CT molecular complexity index is 1070. The molecule has 0 bridgehead atoms. The fraction of sp³-hybridized carbons (Fsp3) is 0.304. The van der Waals surface area contributed by atoms with Gasteiger partial charge in [0, 0.05) is 18.2 Å². The third-order valence-electron chi connectivity index (χ3n) is 5.33. The predicted molar refractivity (Wildman–Crippen MR) is 116 cm³/mol. The third kappa shape index (κ3) is 4.88. The summed E-state index contributed by atoms with van der Waals surface area (Å²) in [5, 5.41) is 10.1. The van der Waals surface area contributed by atoms with Crippen LogP contribution in [0.2, 0.25) is 0 Å². The number of nitrogens with zero attached hydrogens (tertiary/aromatic N) is 3. The van der Waals surface area contributed by atoms with E-state index in [1.54, 1.807) is 55.3 Å².